The molecule has 1 fully saturated rings. The molecule has 4 rings (SSSR count). The first-order chi connectivity index (χ1) is 11.6. The van der Waals surface area contributed by atoms with Gasteiger partial charge >= 0.3 is 0 Å². The van der Waals surface area contributed by atoms with Gasteiger partial charge in [-0.2, -0.15) is 0 Å². The van der Waals surface area contributed by atoms with Crippen LogP contribution in [0, 0.1) is 19.7 Å². The van der Waals surface area contributed by atoms with Crippen molar-refractivity contribution in [1.82, 2.24) is 4.57 Å². The average molecular weight is 323 g/mol. The summed E-state index contributed by atoms with van der Waals surface area (Å²) >= 11 is 0. The summed E-state index contributed by atoms with van der Waals surface area (Å²) in [6.07, 6.45) is 2.07. The molecule has 0 radical (unpaired) electrons. The monoisotopic (exact) mass is 323 g/mol. The van der Waals surface area contributed by atoms with Crippen LogP contribution in [0.25, 0.3) is 16.6 Å². The Labute approximate surface area is 141 Å². The van der Waals surface area contributed by atoms with Crippen LogP contribution in [0.4, 0.5) is 4.39 Å². The number of aryl methyl sites for hydroxylation is 2. The summed E-state index contributed by atoms with van der Waals surface area (Å²) in [6.45, 7) is 5.57. The average Bonchev–Trinajstić information content (AvgIpc) is 2.96. The number of hydrogen-bond donors (Lipinski definition) is 0. The maximum Gasteiger partial charge on any atom is 0.126 e. The van der Waals surface area contributed by atoms with E-state index in [0.717, 1.165) is 31.7 Å². The number of hydrogen-bond acceptors (Lipinski definition) is 1. The van der Waals surface area contributed by atoms with Gasteiger partial charge in [0.2, 0.25) is 0 Å². The summed E-state index contributed by atoms with van der Waals surface area (Å²) in [6, 6.07) is 14.2. The lowest BCUT2D eigenvalue weighted by molar-refractivity contribution is 0.0842. The maximum absolute atomic E-state index is 13.7. The number of fused-ring (bicyclic) bond motifs is 1. The number of benzene rings is 2. The van der Waals surface area contributed by atoms with E-state index in [0.29, 0.717) is 11.5 Å². The Morgan fingerprint density at radius 2 is 1.79 bits per heavy atom. The molecule has 2 aromatic carbocycles. The normalized spacial score (nSPS) is 16.0. The first-order valence-corrected chi connectivity index (χ1v) is 8.60. The van der Waals surface area contributed by atoms with Crippen molar-refractivity contribution in [3.8, 4) is 5.69 Å². The van der Waals surface area contributed by atoms with Gasteiger partial charge < -0.3 is 9.30 Å². The molecule has 0 saturated carbocycles. The van der Waals surface area contributed by atoms with Gasteiger partial charge in [-0.05, 0) is 68.7 Å². The van der Waals surface area contributed by atoms with E-state index in [4.69, 9.17) is 4.74 Å². The predicted octanol–water partition coefficient (Wildman–Crippen LogP) is 5.28. The van der Waals surface area contributed by atoms with Crippen molar-refractivity contribution in [1.29, 1.82) is 0 Å². The van der Waals surface area contributed by atoms with Crippen molar-refractivity contribution in [3.05, 3.63) is 65.1 Å². The van der Waals surface area contributed by atoms with Gasteiger partial charge in [0.05, 0.1) is 5.52 Å². The van der Waals surface area contributed by atoms with E-state index in [1.54, 1.807) is 6.07 Å². The lowest BCUT2D eigenvalue weighted by atomic mass is 9.96. The highest BCUT2D eigenvalue weighted by atomic mass is 19.1. The lowest BCUT2D eigenvalue weighted by Crippen LogP contribution is -2.16. The molecule has 3 heteroatoms. The summed E-state index contributed by atoms with van der Waals surface area (Å²) in [5, 5.41) is 1.25. The van der Waals surface area contributed by atoms with E-state index in [1.807, 2.05) is 19.1 Å². The maximum atomic E-state index is 13.7. The second-order valence-electron chi connectivity index (χ2n) is 6.79. The molecule has 0 spiro atoms. The fourth-order valence-electron chi connectivity index (χ4n) is 3.71. The van der Waals surface area contributed by atoms with Crippen LogP contribution in [0.3, 0.4) is 0 Å². The number of halogens is 1. The van der Waals surface area contributed by atoms with Crippen LogP contribution in [-0.2, 0) is 4.74 Å². The van der Waals surface area contributed by atoms with Gasteiger partial charge in [-0.25, -0.2) is 4.39 Å². The van der Waals surface area contributed by atoms with Gasteiger partial charge in [-0.15, -0.1) is 0 Å². The third kappa shape index (κ3) is 2.63. The number of rotatable bonds is 2. The minimum Gasteiger partial charge on any atom is -0.381 e. The number of nitrogens with zero attached hydrogens (tertiary/aromatic N) is 1. The largest absolute Gasteiger partial charge is 0.381 e. The molecule has 0 bridgehead atoms. The predicted molar refractivity (Wildman–Crippen MR) is 95.5 cm³/mol. The topological polar surface area (TPSA) is 14.2 Å². The zero-order valence-corrected chi connectivity index (χ0v) is 14.2. The third-order valence-corrected chi connectivity index (χ3v) is 5.02. The molecule has 2 nitrogen and oxygen atoms in total. The zero-order chi connectivity index (χ0) is 16.7. The molecule has 3 aromatic rings. The van der Waals surface area contributed by atoms with Crippen LogP contribution in [0.1, 0.15) is 35.6 Å². The van der Waals surface area contributed by atoms with E-state index in [-0.39, 0.29) is 5.82 Å². The van der Waals surface area contributed by atoms with Gasteiger partial charge in [0.25, 0.3) is 0 Å². The molecule has 1 aliphatic rings. The Hall–Kier alpha value is -2.13. The fourth-order valence-corrected chi connectivity index (χ4v) is 3.71. The highest BCUT2D eigenvalue weighted by molar-refractivity contribution is 5.84. The van der Waals surface area contributed by atoms with Crippen molar-refractivity contribution in [2.24, 2.45) is 0 Å². The number of ether oxygens (including phenoxy) is 1. The van der Waals surface area contributed by atoms with E-state index >= 15 is 0 Å². The van der Waals surface area contributed by atoms with Crippen molar-refractivity contribution >= 4 is 10.9 Å². The quantitative estimate of drug-likeness (QED) is 0.626. The highest BCUT2D eigenvalue weighted by Gasteiger charge is 2.22. The van der Waals surface area contributed by atoms with Crippen LogP contribution in [-0.4, -0.2) is 17.8 Å². The minimum atomic E-state index is -0.154. The smallest absolute Gasteiger partial charge is 0.126 e. The van der Waals surface area contributed by atoms with Crippen LogP contribution in [0.2, 0.25) is 0 Å². The molecule has 2 heterocycles. The Kier molecular flexibility index (Phi) is 3.89. The summed E-state index contributed by atoms with van der Waals surface area (Å²) in [5.74, 6) is 0.329. The number of aromatic nitrogens is 1. The Morgan fingerprint density at radius 1 is 1.00 bits per heavy atom. The van der Waals surface area contributed by atoms with Crippen LogP contribution >= 0.6 is 0 Å². The highest BCUT2D eigenvalue weighted by Crippen LogP contribution is 2.35. The fraction of sp³-hybridized carbons (Fsp3) is 0.333. The molecular weight excluding hydrogens is 301 g/mol. The van der Waals surface area contributed by atoms with E-state index in [2.05, 4.69) is 35.8 Å². The van der Waals surface area contributed by atoms with E-state index < -0.39 is 0 Å². The van der Waals surface area contributed by atoms with Gasteiger partial charge in [-0.3, -0.25) is 0 Å². The van der Waals surface area contributed by atoms with Gasteiger partial charge in [0.1, 0.15) is 5.82 Å². The first kappa shape index (κ1) is 15.4. The minimum absolute atomic E-state index is 0.154. The first-order valence-electron chi connectivity index (χ1n) is 8.60. The molecule has 1 aromatic heterocycles. The molecular formula is C21H22FNO. The van der Waals surface area contributed by atoms with Crippen molar-refractivity contribution in [2.45, 2.75) is 32.6 Å². The second-order valence-corrected chi connectivity index (χ2v) is 6.79. The molecule has 0 aliphatic carbocycles. The Bertz CT molecular complexity index is 890. The van der Waals surface area contributed by atoms with Crippen molar-refractivity contribution in [3.63, 3.8) is 0 Å². The molecule has 0 N–H and O–H groups in total. The van der Waals surface area contributed by atoms with Gasteiger partial charge in [0, 0.05) is 35.9 Å². The molecule has 0 atom stereocenters. The zero-order valence-electron chi connectivity index (χ0n) is 14.2. The Balaban J connectivity index is 1.94. The van der Waals surface area contributed by atoms with Crippen LogP contribution in [0.5, 0.6) is 0 Å². The van der Waals surface area contributed by atoms with Crippen molar-refractivity contribution < 1.29 is 9.13 Å². The lowest BCUT2D eigenvalue weighted by Gasteiger charge is -2.24. The summed E-state index contributed by atoms with van der Waals surface area (Å²) in [4.78, 5) is 0. The molecule has 124 valence electrons. The summed E-state index contributed by atoms with van der Waals surface area (Å²) in [5.41, 5.74) is 5.47. The second kappa shape index (κ2) is 6.06. The summed E-state index contributed by atoms with van der Waals surface area (Å²) in [7, 11) is 0. The summed E-state index contributed by atoms with van der Waals surface area (Å²) < 4.78 is 21.6. The molecule has 1 aliphatic heterocycles. The SMILES string of the molecule is Cc1ccc2c(c1)cc(C1CCOCC1)n2-c1ccc(F)c(C)c1. The third-order valence-electron chi connectivity index (χ3n) is 5.02. The van der Waals surface area contributed by atoms with Gasteiger partial charge in [-0.1, -0.05) is 11.6 Å². The molecule has 0 unspecified atom stereocenters. The van der Waals surface area contributed by atoms with E-state index in [9.17, 15) is 4.39 Å². The molecule has 1 saturated heterocycles. The van der Waals surface area contributed by atoms with E-state index in [1.165, 1.54) is 22.2 Å². The standard InChI is InChI=1S/C21H22FNO/c1-14-3-6-20-17(11-14)13-21(16-7-9-24-10-8-16)23(20)18-4-5-19(22)15(2)12-18/h3-6,11-13,16H,7-10H2,1-2H3. The molecule has 0 amide bonds. The van der Waals surface area contributed by atoms with Crippen LogP contribution in [0.15, 0.2) is 42.5 Å². The van der Waals surface area contributed by atoms with Gasteiger partial charge in [0.15, 0.2) is 0 Å². The van der Waals surface area contributed by atoms with Crippen LogP contribution < -0.4 is 0 Å². The van der Waals surface area contributed by atoms with Crippen molar-refractivity contribution in [2.75, 3.05) is 13.2 Å². The molecule has 24 heavy (non-hydrogen) atoms. The Morgan fingerprint density at radius 3 is 2.54 bits per heavy atom.